The molecular weight excluding hydrogens is 122 g/mol. The van der Waals surface area contributed by atoms with E-state index in [4.69, 9.17) is 0 Å². The number of nitrogens with one attached hydrogen (secondary N) is 1. The lowest BCUT2D eigenvalue weighted by molar-refractivity contribution is 0.830. The molecular formula is C9H10N. The first-order valence-electron chi connectivity index (χ1n) is 3.70. The van der Waals surface area contributed by atoms with Crippen molar-refractivity contribution in [1.82, 2.24) is 0 Å². The van der Waals surface area contributed by atoms with E-state index in [2.05, 4.69) is 17.4 Å². The molecule has 0 unspecified atom stereocenters. The first-order valence-corrected chi connectivity index (χ1v) is 3.70. The van der Waals surface area contributed by atoms with Crippen LogP contribution in [0, 0.1) is 6.07 Å². The molecule has 1 nitrogen and oxygen atoms in total. The maximum Gasteiger partial charge on any atom is 0.0453 e. The fraction of sp³-hybridized carbons (Fsp3) is 0.333. The SMILES string of the molecule is [c]1cccc2c1NCCC2. The van der Waals surface area contributed by atoms with Gasteiger partial charge >= 0.3 is 0 Å². The van der Waals surface area contributed by atoms with Crippen LogP contribution < -0.4 is 5.32 Å². The van der Waals surface area contributed by atoms with Crippen molar-refractivity contribution >= 4 is 5.69 Å². The van der Waals surface area contributed by atoms with Crippen molar-refractivity contribution in [2.75, 3.05) is 11.9 Å². The zero-order chi connectivity index (χ0) is 6.81. The Kier molecular flexibility index (Phi) is 1.35. The van der Waals surface area contributed by atoms with Gasteiger partial charge in [0.05, 0.1) is 0 Å². The summed E-state index contributed by atoms with van der Waals surface area (Å²) < 4.78 is 0. The van der Waals surface area contributed by atoms with Gasteiger partial charge in [-0.25, -0.2) is 0 Å². The van der Waals surface area contributed by atoms with Crippen LogP contribution in [0.1, 0.15) is 12.0 Å². The van der Waals surface area contributed by atoms with Gasteiger partial charge in [0.1, 0.15) is 0 Å². The van der Waals surface area contributed by atoms with Gasteiger partial charge in [-0.1, -0.05) is 18.2 Å². The van der Waals surface area contributed by atoms with Crippen molar-refractivity contribution in [1.29, 1.82) is 0 Å². The van der Waals surface area contributed by atoms with Gasteiger partial charge in [0.15, 0.2) is 0 Å². The number of hydrogen-bond acceptors (Lipinski definition) is 1. The molecule has 0 spiro atoms. The van der Waals surface area contributed by atoms with E-state index in [0.717, 1.165) is 6.54 Å². The van der Waals surface area contributed by atoms with Crippen LogP contribution in [0.4, 0.5) is 5.69 Å². The highest BCUT2D eigenvalue weighted by Gasteiger charge is 2.05. The maximum atomic E-state index is 3.31. The van der Waals surface area contributed by atoms with Gasteiger partial charge in [-0.15, -0.1) is 0 Å². The van der Waals surface area contributed by atoms with Crippen molar-refractivity contribution in [2.24, 2.45) is 0 Å². The Hall–Kier alpha value is -0.980. The Morgan fingerprint density at radius 3 is 3.40 bits per heavy atom. The lowest BCUT2D eigenvalue weighted by atomic mass is 10.0. The summed E-state index contributed by atoms with van der Waals surface area (Å²) in [5.41, 5.74) is 2.61. The predicted molar refractivity (Wildman–Crippen MR) is 42.1 cm³/mol. The zero-order valence-electron chi connectivity index (χ0n) is 5.85. The van der Waals surface area contributed by atoms with E-state index in [1.54, 1.807) is 0 Å². The van der Waals surface area contributed by atoms with E-state index in [1.807, 2.05) is 12.1 Å². The molecule has 1 aromatic rings. The molecule has 1 aliphatic rings. The van der Waals surface area contributed by atoms with E-state index in [1.165, 1.54) is 24.1 Å². The molecule has 1 heteroatoms. The number of benzene rings is 1. The quantitative estimate of drug-likeness (QED) is 0.568. The highest BCUT2D eigenvalue weighted by atomic mass is 14.9. The summed E-state index contributed by atoms with van der Waals surface area (Å²) in [4.78, 5) is 0. The lowest BCUT2D eigenvalue weighted by Gasteiger charge is -2.16. The van der Waals surface area contributed by atoms with Crippen LogP contribution in [0.25, 0.3) is 0 Å². The van der Waals surface area contributed by atoms with E-state index in [-0.39, 0.29) is 0 Å². The molecule has 0 fully saturated rings. The van der Waals surface area contributed by atoms with Crippen LogP contribution in [0.15, 0.2) is 18.2 Å². The summed E-state index contributed by atoms with van der Waals surface area (Å²) in [6.45, 7) is 1.10. The van der Waals surface area contributed by atoms with E-state index in [0.29, 0.717) is 0 Å². The number of hydrogen-bond donors (Lipinski definition) is 1. The second kappa shape index (κ2) is 2.33. The number of anilines is 1. The Labute approximate surface area is 61.1 Å². The van der Waals surface area contributed by atoms with Crippen LogP contribution >= 0.6 is 0 Å². The molecule has 0 bridgehead atoms. The lowest BCUT2D eigenvalue weighted by Crippen LogP contribution is -2.10. The van der Waals surface area contributed by atoms with Crippen LogP contribution in [0.3, 0.4) is 0 Å². The third kappa shape index (κ3) is 0.878. The molecule has 0 saturated carbocycles. The fourth-order valence-corrected chi connectivity index (χ4v) is 1.34. The maximum absolute atomic E-state index is 3.31. The third-order valence-corrected chi connectivity index (χ3v) is 1.87. The van der Waals surface area contributed by atoms with Gasteiger partial charge in [-0.2, -0.15) is 0 Å². The minimum Gasteiger partial charge on any atom is -0.384 e. The highest BCUT2D eigenvalue weighted by Crippen LogP contribution is 2.19. The average molecular weight is 132 g/mol. The molecule has 0 atom stereocenters. The predicted octanol–water partition coefficient (Wildman–Crippen LogP) is 1.84. The van der Waals surface area contributed by atoms with Crippen molar-refractivity contribution < 1.29 is 0 Å². The van der Waals surface area contributed by atoms with Crippen LogP contribution in [0.2, 0.25) is 0 Å². The molecule has 1 N–H and O–H groups in total. The van der Waals surface area contributed by atoms with Crippen molar-refractivity contribution in [3.8, 4) is 0 Å². The van der Waals surface area contributed by atoms with Gasteiger partial charge in [0.2, 0.25) is 0 Å². The third-order valence-electron chi connectivity index (χ3n) is 1.87. The first kappa shape index (κ1) is 5.78. The number of para-hydroxylation sites is 1. The molecule has 0 aliphatic carbocycles. The molecule has 1 aliphatic heterocycles. The summed E-state index contributed by atoms with van der Waals surface area (Å²) in [7, 11) is 0. The highest BCUT2D eigenvalue weighted by molar-refractivity contribution is 5.51. The minimum atomic E-state index is 1.10. The van der Waals surface area contributed by atoms with Gasteiger partial charge in [0, 0.05) is 18.3 Å². The summed E-state index contributed by atoms with van der Waals surface area (Å²) in [5, 5.41) is 3.31. The minimum absolute atomic E-state index is 1.10. The van der Waals surface area contributed by atoms with E-state index < -0.39 is 0 Å². The number of fused-ring (bicyclic) bond motifs is 1. The van der Waals surface area contributed by atoms with Crippen LogP contribution in [-0.2, 0) is 6.42 Å². The zero-order valence-corrected chi connectivity index (χ0v) is 5.85. The number of aryl methyl sites for hydroxylation is 1. The largest absolute Gasteiger partial charge is 0.384 e. The Morgan fingerprint density at radius 1 is 1.50 bits per heavy atom. The molecule has 0 saturated heterocycles. The number of rotatable bonds is 0. The molecule has 2 rings (SSSR count). The van der Waals surface area contributed by atoms with Crippen LogP contribution in [-0.4, -0.2) is 6.54 Å². The monoisotopic (exact) mass is 132 g/mol. The van der Waals surface area contributed by atoms with Gasteiger partial charge in [-0.05, 0) is 18.4 Å². The average Bonchev–Trinajstić information content (AvgIpc) is 2.05. The van der Waals surface area contributed by atoms with E-state index >= 15 is 0 Å². The topological polar surface area (TPSA) is 12.0 Å². The molecule has 10 heavy (non-hydrogen) atoms. The van der Waals surface area contributed by atoms with Gasteiger partial charge in [0.25, 0.3) is 0 Å². The smallest absolute Gasteiger partial charge is 0.0453 e. The normalized spacial score (nSPS) is 15.6. The molecule has 1 aromatic carbocycles. The molecule has 1 radical (unpaired) electrons. The Balaban J connectivity index is 2.41. The van der Waals surface area contributed by atoms with Crippen molar-refractivity contribution in [3.63, 3.8) is 0 Å². The van der Waals surface area contributed by atoms with Crippen molar-refractivity contribution in [3.05, 3.63) is 29.8 Å². The van der Waals surface area contributed by atoms with Gasteiger partial charge in [-0.3, -0.25) is 0 Å². The second-order valence-corrected chi connectivity index (χ2v) is 2.60. The summed E-state index contributed by atoms with van der Waals surface area (Å²) in [5.74, 6) is 0. The standard InChI is InChI=1S/C9H10N/c1-2-6-9-8(4-1)5-3-7-10-9/h1-2,4,10H,3,5,7H2. The van der Waals surface area contributed by atoms with Gasteiger partial charge < -0.3 is 5.32 Å². The molecule has 0 aromatic heterocycles. The van der Waals surface area contributed by atoms with E-state index in [9.17, 15) is 0 Å². The summed E-state index contributed by atoms with van der Waals surface area (Å²) in [6.07, 6.45) is 2.46. The summed E-state index contributed by atoms with van der Waals surface area (Å²) in [6, 6.07) is 9.35. The fourth-order valence-electron chi connectivity index (χ4n) is 1.34. The van der Waals surface area contributed by atoms with Crippen molar-refractivity contribution in [2.45, 2.75) is 12.8 Å². The first-order chi connectivity index (χ1) is 4.97. The molecule has 0 amide bonds. The molecule has 51 valence electrons. The summed E-state index contributed by atoms with van der Waals surface area (Å²) >= 11 is 0. The van der Waals surface area contributed by atoms with Crippen LogP contribution in [0.5, 0.6) is 0 Å². The Morgan fingerprint density at radius 2 is 2.50 bits per heavy atom. The Bertz CT molecular complexity index is 205. The second-order valence-electron chi connectivity index (χ2n) is 2.60. The molecule has 1 heterocycles.